The minimum Gasteiger partial charge on any atom is -0.322 e. The predicted molar refractivity (Wildman–Crippen MR) is 118 cm³/mol. The lowest BCUT2D eigenvalue weighted by Crippen LogP contribution is -2.16. The fraction of sp³-hybridized carbons (Fsp3) is 0.0476. The Morgan fingerprint density at radius 3 is 2.52 bits per heavy atom. The Hall–Kier alpha value is -3.11. The lowest BCUT2D eigenvalue weighted by molar-refractivity contribution is -0.113. The number of carbonyl (C=O) groups is 1. The maximum Gasteiger partial charge on any atom is 0.234 e. The normalized spacial score (nSPS) is 10.8. The van der Waals surface area contributed by atoms with Crippen LogP contribution in [-0.2, 0) is 4.79 Å². The molecule has 1 amide bonds. The first-order valence-corrected chi connectivity index (χ1v) is 10.8. The highest BCUT2D eigenvalue weighted by Crippen LogP contribution is 2.29. The third kappa shape index (κ3) is 4.80. The van der Waals surface area contributed by atoms with Crippen LogP contribution >= 0.6 is 27.7 Å². The summed E-state index contributed by atoms with van der Waals surface area (Å²) in [5, 5.41) is 11.5. The molecule has 2 aromatic heterocycles. The molecular weight excluding hydrogens is 488 g/mol. The zero-order valence-electron chi connectivity index (χ0n) is 15.8. The van der Waals surface area contributed by atoms with Crippen LogP contribution in [0.1, 0.15) is 0 Å². The molecule has 1 N–H and O–H groups in total. The number of amides is 1. The number of hydrogen-bond acceptors (Lipinski definition) is 5. The molecule has 0 atom stereocenters. The first-order valence-electron chi connectivity index (χ1n) is 9.01. The van der Waals surface area contributed by atoms with Gasteiger partial charge in [0.25, 0.3) is 0 Å². The number of aromatic nitrogens is 4. The summed E-state index contributed by atoms with van der Waals surface area (Å²) in [5.74, 6) is -1.52. The highest BCUT2D eigenvalue weighted by Gasteiger charge is 2.18. The van der Waals surface area contributed by atoms with Crippen molar-refractivity contribution in [2.75, 3.05) is 11.1 Å². The van der Waals surface area contributed by atoms with Crippen LogP contribution in [0.25, 0.3) is 17.1 Å². The molecule has 0 radical (unpaired) electrons. The van der Waals surface area contributed by atoms with Crippen molar-refractivity contribution in [1.82, 2.24) is 19.7 Å². The second-order valence-electron chi connectivity index (χ2n) is 6.29. The number of pyridine rings is 1. The molecule has 2 aromatic carbocycles. The van der Waals surface area contributed by atoms with E-state index in [9.17, 15) is 13.6 Å². The Morgan fingerprint density at radius 1 is 1.06 bits per heavy atom. The van der Waals surface area contributed by atoms with E-state index in [-0.39, 0.29) is 15.9 Å². The summed E-state index contributed by atoms with van der Waals surface area (Å²) in [6.45, 7) is 0. The molecule has 0 aliphatic carbocycles. The van der Waals surface area contributed by atoms with E-state index in [1.807, 2.05) is 47.0 Å². The van der Waals surface area contributed by atoms with E-state index in [1.54, 1.807) is 12.4 Å². The molecule has 0 aliphatic heterocycles. The number of hydrogen-bond donors (Lipinski definition) is 1. The Kier molecular flexibility index (Phi) is 6.38. The number of anilines is 1. The third-order valence-corrected chi connectivity index (χ3v) is 5.74. The van der Waals surface area contributed by atoms with Gasteiger partial charge in [0.2, 0.25) is 5.91 Å². The SMILES string of the molecule is O=C(CSc1nnc(-c2ccncc2)n1-c1ccccc1)Nc1c(F)cc(F)cc1Br. The largest absolute Gasteiger partial charge is 0.322 e. The zero-order chi connectivity index (χ0) is 21.8. The van der Waals surface area contributed by atoms with Gasteiger partial charge in [-0.3, -0.25) is 14.3 Å². The quantitative estimate of drug-likeness (QED) is 0.372. The average Bonchev–Trinajstić information content (AvgIpc) is 3.20. The lowest BCUT2D eigenvalue weighted by atomic mass is 10.2. The fourth-order valence-corrected chi connectivity index (χ4v) is 4.09. The number of carbonyl (C=O) groups excluding carboxylic acids is 1. The van der Waals surface area contributed by atoms with E-state index < -0.39 is 17.5 Å². The molecule has 0 fully saturated rings. The maximum absolute atomic E-state index is 14.0. The summed E-state index contributed by atoms with van der Waals surface area (Å²) in [6.07, 6.45) is 3.32. The number of benzene rings is 2. The number of nitrogens with zero attached hydrogens (tertiary/aromatic N) is 4. The van der Waals surface area contributed by atoms with Gasteiger partial charge in [0.05, 0.1) is 11.4 Å². The Bertz CT molecular complexity index is 1200. The summed E-state index contributed by atoms with van der Waals surface area (Å²) < 4.78 is 29.2. The van der Waals surface area contributed by atoms with Gasteiger partial charge >= 0.3 is 0 Å². The van der Waals surface area contributed by atoms with Crippen molar-refractivity contribution in [3.8, 4) is 17.1 Å². The van der Waals surface area contributed by atoms with Gasteiger partial charge in [-0.2, -0.15) is 0 Å². The van der Waals surface area contributed by atoms with Gasteiger partial charge in [0, 0.05) is 34.2 Å². The van der Waals surface area contributed by atoms with Gasteiger partial charge in [-0.05, 0) is 46.3 Å². The van der Waals surface area contributed by atoms with Crippen LogP contribution in [0.15, 0.2) is 76.6 Å². The van der Waals surface area contributed by atoms with E-state index in [4.69, 9.17) is 0 Å². The predicted octanol–water partition coefficient (Wildman–Crippen LogP) is 5.10. The van der Waals surface area contributed by atoms with Crippen LogP contribution in [-0.4, -0.2) is 31.4 Å². The molecule has 10 heteroatoms. The van der Waals surface area contributed by atoms with Crippen LogP contribution in [0.5, 0.6) is 0 Å². The summed E-state index contributed by atoms with van der Waals surface area (Å²) in [6, 6.07) is 14.9. The van der Waals surface area contributed by atoms with E-state index in [2.05, 4.69) is 36.4 Å². The number of halogens is 3. The molecule has 0 saturated carbocycles. The lowest BCUT2D eigenvalue weighted by Gasteiger charge is -2.11. The van der Waals surface area contributed by atoms with E-state index in [1.165, 1.54) is 0 Å². The Labute approximate surface area is 188 Å². The molecule has 0 bridgehead atoms. The zero-order valence-corrected chi connectivity index (χ0v) is 18.2. The first kappa shape index (κ1) is 21.1. The van der Waals surface area contributed by atoms with Gasteiger partial charge in [-0.15, -0.1) is 10.2 Å². The molecule has 0 spiro atoms. The molecule has 0 unspecified atom stereocenters. The summed E-state index contributed by atoms with van der Waals surface area (Å²) in [4.78, 5) is 16.4. The number of nitrogens with one attached hydrogen (secondary N) is 1. The topological polar surface area (TPSA) is 72.7 Å². The third-order valence-electron chi connectivity index (χ3n) is 4.19. The molecule has 31 heavy (non-hydrogen) atoms. The highest BCUT2D eigenvalue weighted by atomic mass is 79.9. The second kappa shape index (κ2) is 9.36. The average molecular weight is 502 g/mol. The summed E-state index contributed by atoms with van der Waals surface area (Å²) in [5.41, 5.74) is 1.53. The Balaban J connectivity index is 1.58. The highest BCUT2D eigenvalue weighted by molar-refractivity contribution is 9.10. The van der Waals surface area contributed by atoms with Gasteiger partial charge in [-0.25, -0.2) is 8.78 Å². The van der Waals surface area contributed by atoms with Crippen molar-refractivity contribution in [3.63, 3.8) is 0 Å². The number of thioether (sulfide) groups is 1. The standard InChI is InChI=1S/C21H14BrF2N5OS/c22-16-10-14(23)11-17(24)19(16)26-18(30)12-31-21-28-27-20(13-6-8-25-9-7-13)29(21)15-4-2-1-3-5-15/h1-11H,12H2,(H,26,30). The number of para-hydroxylation sites is 1. The molecule has 6 nitrogen and oxygen atoms in total. The van der Waals surface area contributed by atoms with Gasteiger partial charge in [0.1, 0.15) is 5.82 Å². The van der Waals surface area contributed by atoms with Crippen LogP contribution in [0, 0.1) is 11.6 Å². The molecule has 4 rings (SSSR count). The van der Waals surface area contributed by atoms with E-state index in [0.29, 0.717) is 17.0 Å². The van der Waals surface area contributed by atoms with Crippen molar-refractivity contribution >= 4 is 39.3 Å². The van der Waals surface area contributed by atoms with Gasteiger partial charge < -0.3 is 5.32 Å². The maximum atomic E-state index is 14.0. The first-order chi connectivity index (χ1) is 15.0. The van der Waals surface area contributed by atoms with Crippen molar-refractivity contribution in [1.29, 1.82) is 0 Å². The van der Waals surface area contributed by atoms with Crippen molar-refractivity contribution < 1.29 is 13.6 Å². The molecule has 156 valence electrons. The summed E-state index contributed by atoms with van der Waals surface area (Å²) >= 11 is 4.21. The molecule has 2 heterocycles. The van der Waals surface area contributed by atoms with Crippen molar-refractivity contribution in [3.05, 3.63) is 83.1 Å². The fourth-order valence-electron chi connectivity index (χ4n) is 2.83. The van der Waals surface area contributed by atoms with Crippen LogP contribution in [0.4, 0.5) is 14.5 Å². The number of rotatable bonds is 6. The van der Waals surface area contributed by atoms with E-state index in [0.717, 1.165) is 29.1 Å². The molecule has 4 aromatic rings. The van der Waals surface area contributed by atoms with Crippen molar-refractivity contribution in [2.24, 2.45) is 0 Å². The van der Waals surface area contributed by atoms with Gasteiger partial charge in [0.15, 0.2) is 16.8 Å². The molecule has 0 aliphatic rings. The second-order valence-corrected chi connectivity index (χ2v) is 8.09. The summed E-state index contributed by atoms with van der Waals surface area (Å²) in [7, 11) is 0. The van der Waals surface area contributed by atoms with Gasteiger partial charge in [-0.1, -0.05) is 30.0 Å². The minimum atomic E-state index is -0.863. The minimum absolute atomic E-state index is 0.0510. The van der Waals surface area contributed by atoms with E-state index >= 15 is 0 Å². The van der Waals surface area contributed by atoms with Crippen LogP contribution in [0.2, 0.25) is 0 Å². The monoisotopic (exact) mass is 501 g/mol. The smallest absolute Gasteiger partial charge is 0.234 e. The molecular formula is C21H14BrF2N5OS. The van der Waals surface area contributed by atoms with Crippen LogP contribution < -0.4 is 5.32 Å². The Morgan fingerprint density at radius 2 is 1.81 bits per heavy atom. The van der Waals surface area contributed by atoms with Crippen LogP contribution in [0.3, 0.4) is 0 Å². The van der Waals surface area contributed by atoms with Crippen molar-refractivity contribution in [2.45, 2.75) is 5.16 Å². The molecule has 0 saturated heterocycles.